The Morgan fingerprint density at radius 1 is 1.55 bits per heavy atom. The molecule has 64 valence electrons. The Morgan fingerprint density at radius 2 is 2.18 bits per heavy atom. The topological polar surface area (TPSA) is 46.2 Å². The Kier molecular flexibility index (Phi) is 5.56. The molecule has 1 N–H and O–H groups in total. The normalized spacial score (nSPS) is 10.4. The Bertz CT molecular complexity index is 249. The van der Waals surface area contributed by atoms with Gasteiger partial charge in [-0.15, -0.1) is 11.8 Å². The molecule has 0 aromatic heterocycles. The second kappa shape index (κ2) is 5.58. The van der Waals surface area contributed by atoms with Gasteiger partial charge in [0.1, 0.15) is 4.66 Å². The van der Waals surface area contributed by atoms with E-state index >= 15 is 0 Å². The first-order chi connectivity index (χ1) is 5.12. The molecule has 0 atom stereocenters. The zero-order chi connectivity index (χ0) is 8.74. The summed E-state index contributed by atoms with van der Waals surface area (Å²) in [6.07, 6.45) is 0.558. The number of nitrogens with one attached hydrogen (secondary N) is 1. The van der Waals surface area contributed by atoms with E-state index in [1.165, 1.54) is 0 Å². The smallest absolute Gasteiger partial charge is 0.214 e. The van der Waals surface area contributed by atoms with E-state index < -0.39 is 10.0 Å². The van der Waals surface area contributed by atoms with E-state index in [2.05, 4.69) is 32.5 Å². The molecule has 0 aliphatic carbocycles. The second-order valence-corrected chi connectivity index (χ2v) is 4.90. The lowest BCUT2D eigenvalue weighted by Crippen LogP contribution is -2.24. The van der Waals surface area contributed by atoms with Gasteiger partial charge in [-0.3, -0.25) is 0 Å². The second-order valence-electron chi connectivity index (χ2n) is 1.79. The van der Waals surface area contributed by atoms with Crippen molar-refractivity contribution in [2.45, 2.75) is 13.3 Å². The van der Waals surface area contributed by atoms with E-state index in [4.69, 9.17) is 0 Å². The zero-order valence-electron chi connectivity index (χ0n) is 6.22. The van der Waals surface area contributed by atoms with Crippen molar-refractivity contribution >= 4 is 26.0 Å². The van der Waals surface area contributed by atoms with Crippen LogP contribution in [0.15, 0.2) is 0 Å². The van der Waals surface area contributed by atoms with Gasteiger partial charge >= 0.3 is 0 Å². The summed E-state index contributed by atoms with van der Waals surface area (Å²) < 4.78 is 23.8. The lowest BCUT2D eigenvalue weighted by Gasteiger charge is -1.98. The van der Waals surface area contributed by atoms with Crippen LogP contribution < -0.4 is 4.72 Å². The summed E-state index contributed by atoms with van der Waals surface area (Å²) in [4.78, 5) is 0. The summed E-state index contributed by atoms with van der Waals surface area (Å²) in [5.74, 6) is 5.43. The standard InChI is InChI=1S/C6H10BrNO2S/c1-2-3-4-5-8-11(9,10)6-7/h8H,4-6H2,1H3. The van der Waals surface area contributed by atoms with Crippen LogP contribution in [-0.4, -0.2) is 19.6 Å². The molecule has 0 rings (SSSR count). The minimum atomic E-state index is -3.10. The van der Waals surface area contributed by atoms with Crippen molar-refractivity contribution in [3.63, 3.8) is 0 Å². The van der Waals surface area contributed by atoms with Gasteiger partial charge in [-0.1, -0.05) is 15.9 Å². The highest BCUT2D eigenvalue weighted by Gasteiger charge is 2.04. The van der Waals surface area contributed by atoms with Gasteiger partial charge in [0.2, 0.25) is 10.0 Å². The van der Waals surface area contributed by atoms with Crippen molar-refractivity contribution in [1.29, 1.82) is 0 Å². The fourth-order valence-electron chi connectivity index (χ4n) is 0.433. The monoisotopic (exact) mass is 239 g/mol. The lowest BCUT2D eigenvalue weighted by atomic mass is 10.4. The van der Waals surface area contributed by atoms with Gasteiger partial charge in [0, 0.05) is 13.0 Å². The van der Waals surface area contributed by atoms with Gasteiger partial charge in [0.25, 0.3) is 0 Å². The van der Waals surface area contributed by atoms with Crippen LogP contribution in [0.4, 0.5) is 0 Å². The number of halogens is 1. The highest BCUT2D eigenvalue weighted by atomic mass is 79.9. The summed E-state index contributed by atoms with van der Waals surface area (Å²) in [6.45, 7) is 2.10. The minimum absolute atomic E-state index is 0.0560. The Labute approximate surface area is 75.7 Å². The summed E-state index contributed by atoms with van der Waals surface area (Å²) >= 11 is 2.85. The van der Waals surface area contributed by atoms with Crippen molar-refractivity contribution in [2.24, 2.45) is 0 Å². The van der Waals surface area contributed by atoms with Crippen LogP contribution in [0.3, 0.4) is 0 Å². The quantitative estimate of drug-likeness (QED) is 0.446. The average molecular weight is 240 g/mol. The molecular weight excluding hydrogens is 230 g/mol. The van der Waals surface area contributed by atoms with Gasteiger partial charge in [0.05, 0.1) is 0 Å². The maximum atomic E-state index is 10.8. The highest BCUT2D eigenvalue weighted by Crippen LogP contribution is 1.90. The van der Waals surface area contributed by atoms with Crippen LogP contribution in [0.5, 0.6) is 0 Å². The predicted octanol–water partition coefficient (Wildman–Crippen LogP) is 0.672. The van der Waals surface area contributed by atoms with E-state index in [-0.39, 0.29) is 4.66 Å². The molecule has 0 heterocycles. The number of hydrogen-bond donors (Lipinski definition) is 1. The summed E-state index contributed by atoms with van der Waals surface area (Å²) in [6, 6.07) is 0. The SMILES string of the molecule is CC#CCCNS(=O)(=O)CBr. The van der Waals surface area contributed by atoms with Crippen molar-refractivity contribution in [3.8, 4) is 11.8 Å². The predicted molar refractivity (Wildman–Crippen MR) is 48.8 cm³/mol. The number of hydrogen-bond acceptors (Lipinski definition) is 2. The molecule has 0 aliphatic rings. The molecule has 0 saturated heterocycles. The largest absolute Gasteiger partial charge is 0.221 e. The third-order valence-corrected chi connectivity index (χ3v) is 3.63. The summed E-state index contributed by atoms with van der Waals surface area (Å²) in [5, 5.41) is 0. The van der Waals surface area contributed by atoms with E-state index in [0.29, 0.717) is 13.0 Å². The van der Waals surface area contributed by atoms with Crippen LogP contribution in [0.2, 0.25) is 0 Å². The summed E-state index contributed by atoms with van der Waals surface area (Å²) in [5.41, 5.74) is 0. The number of sulfonamides is 1. The van der Waals surface area contributed by atoms with E-state index in [9.17, 15) is 8.42 Å². The van der Waals surface area contributed by atoms with E-state index in [0.717, 1.165) is 0 Å². The first-order valence-electron chi connectivity index (χ1n) is 3.05. The molecule has 0 aliphatic heterocycles. The Balaban J connectivity index is 3.60. The van der Waals surface area contributed by atoms with Crippen molar-refractivity contribution < 1.29 is 8.42 Å². The van der Waals surface area contributed by atoms with Gasteiger partial charge in [0.15, 0.2) is 0 Å². The molecule has 0 unspecified atom stereocenters. The molecule has 0 radical (unpaired) electrons. The summed E-state index contributed by atoms with van der Waals surface area (Å²) in [7, 11) is -3.10. The van der Waals surface area contributed by atoms with Crippen molar-refractivity contribution in [1.82, 2.24) is 4.72 Å². The molecular formula is C6H10BrNO2S. The molecule has 0 saturated carbocycles. The lowest BCUT2D eigenvalue weighted by molar-refractivity contribution is 0.588. The number of rotatable bonds is 4. The molecule has 0 amide bonds. The van der Waals surface area contributed by atoms with Crippen LogP contribution in [0, 0.1) is 11.8 Å². The maximum Gasteiger partial charge on any atom is 0.221 e. The molecule has 0 spiro atoms. The minimum Gasteiger partial charge on any atom is -0.214 e. The van der Waals surface area contributed by atoms with Gasteiger partial charge in [-0.25, -0.2) is 13.1 Å². The zero-order valence-corrected chi connectivity index (χ0v) is 8.63. The Morgan fingerprint density at radius 3 is 2.64 bits per heavy atom. The highest BCUT2D eigenvalue weighted by molar-refractivity contribution is 9.10. The molecule has 0 fully saturated rings. The molecule has 5 heteroatoms. The van der Waals surface area contributed by atoms with Gasteiger partial charge < -0.3 is 0 Å². The third kappa shape index (κ3) is 6.35. The first-order valence-corrected chi connectivity index (χ1v) is 5.82. The average Bonchev–Trinajstić information content (AvgIpc) is 1.99. The van der Waals surface area contributed by atoms with Crippen LogP contribution >= 0.6 is 15.9 Å². The fourth-order valence-corrected chi connectivity index (χ4v) is 1.41. The van der Waals surface area contributed by atoms with Crippen LogP contribution in [0.1, 0.15) is 13.3 Å². The van der Waals surface area contributed by atoms with E-state index in [1.54, 1.807) is 6.92 Å². The van der Waals surface area contributed by atoms with Crippen molar-refractivity contribution in [3.05, 3.63) is 0 Å². The first kappa shape index (κ1) is 11.0. The van der Waals surface area contributed by atoms with Crippen LogP contribution in [-0.2, 0) is 10.0 Å². The molecule has 0 aromatic carbocycles. The van der Waals surface area contributed by atoms with Crippen LogP contribution in [0.25, 0.3) is 0 Å². The number of alkyl halides is 1. The maximum absolute atomic E-state index is 10.8. The molecule has 0 bridgehead atoms. The Hall–Kier alpha value is -0.0500. The van der Waals surface area contributed by atoms with E-state index in [1.807, 2.05) is 0 Å². The molecule has 0 aromatic rings. The third-order valence-electron chi connectivity index (χ3n) is 0.892. The molecule has 11 heavy (non-hydrogen) atoms. The fraction of sp³-hybridized carbons (Fsp3) is 0.667. The van der Waals surface area contributed by atoms with Gasteiger partial charge in [-0.05, 0) is 6.92 Å². The van der Waals surface area contributed by atoms with Crippen molar-refractivity contribution in [2.75, 3.05) is 11.2 Å². The molecule has 3 nitrogen and oxygen atoms in total. The van der Waals surface area contributed by atoms with Gasteiger partial charge in [-0.2, -0.15) is 0 Å².